The monoisotopic (exact) mass is 553 g/mol. The molecule has 6 nitrogen and oxygen atoms in total. The van der Waals surface area contributed by atoms with Gasteiger partial charge in [-0.15, -0.1) is 24.0 Å². The maximum absolute atomic E-state index is 9.83. The number of aliphatic hydroxyl groups is 1. The van der Waals surface area contributed by atoms with Crippen molar-refractivity contribution in [2.24, 2.45) is 4.99 Å². The summed E-state index contributed by atoms with van der Waals surface area (Å²) in [6.45, 7) is 3.94. The van der Waals surface area contributed by atoms with E-state index in [1.807, 2.05) is 55.5 Å². The Morgan fingerprint density at radius 2 is 1.84 bits per heavy atom. The molecular formula is C25H36IN3O3. The summed E-state index contributed by atoms with van der Waals surface area (Å²) < 4.78 is 11.9. The van der Waals surface area contributed by atoms with Crippen molar-refractivity contribution < 1.29 is 14.6 Å². The van der Waals surface area contributed by atoms with Gasteiger partial charge < -0.3 is 25.2 Å². The topological polar surface area (TPSA) is 75.1 Å². The molecule has 3 N–H and O–H groups in total. The van der Waals surface area contributed by atoms with E-state index in [1.165, 1.54) is 12.8 Å². The summed E-state index contributed by atoms with van der Waals surface area (Å²) in [6.07, 6.45) is 4.87. The summed E-state index contributed by atoms with van der Waals surface area (Å²) in [5.74, 6) is 2.27. The van der Waals surface area contributed by atoms with Crippen molar-refractivity contribution in [3.63, 3.8) is 0 Å². The van der Waals surface area contributed by atoms with Gasteiger partial charge in [-0.1, -0.05) is 42.5 Å². The number of nitrogens with one attached hydrogen (secondary N) is 2. The molecule has 0 aliphatic heterocycles. The lowest BCUT2D eigenvalue weighted by Gasteiger charge is -2.20. The molecule has 176 valence electrons. The molecule has 1 aliphatic carbocycles. The summed E-state index contributed by atoms with van der Waals surface area (Å²) in [5, 5.41) is 16.5. The fraction of sp³-hybridized carbons (Fsp3) is 0.480. The van der Waals surface area contributed by atoms with Crippen molar-refractivity contribution in [2.75, 3.05) is 26.8 Å². The molecule has 1 fully saturated rings. The van der Waals surface area contributed by atoms with Crippen LogP contribution in [0.15, 0.2) is 53.5 Å². The van der Waals surface area contributed by atoms with E-state index in [0.29, 0.717) is 19.0 Å². The van der Waals surface area contributed by atoms with Crippen molar-refractivity contribution in [3.8, 4) is 11.5 Å². The molecular weight excluding hydrogens is 517 g/mol. The number of ether oxygens (including phenoxy) is 2. The zero-order chi connectivity index (χ0) is 21.9. The highest BCUT2D eigenvalue weighted by Crippen LogP contribution is 2.35. The summed E-state index contributed by atoms with van der Waals surface area (Å²) in [5.41, 5.74) is 2.11. The van der Waals surface area contributed by atoms with Crippen molar-refractivity contribution in [2.45, 2.75) is 51.2 Å². The van der Waals surface area contributed by atoms with Gasteiger partial charge in [-0.05, 0) is 44.2 Å². The number of hydrogen-bond acceptors (Lipinski definition) is 4. The maximum Gasteiger partial charge on any atom is 0.191 e. The number of methoxy groups -OCH3 is 1. The minimum absolute atomic E-state index is 0. The summed E-state index contributed by atoms with van der Waals surface area (Å²) in [6, 6.07) is 16.0. The normalized spacial score (nSPS) is 15.0. The van der Waals surface area contributed by atoms with E-state index in [2.05, 4.69) is 10.6 Å². The van der Waals surface area contributed by atoms with Crippen molar-refractivity contribution in [3.05, 3.63) is 59.7 Å². The van der Waals surface area contributed by atoms with Crippen LogP contribution in [0.25, 0.3) is 0 Å². The van der Waals surface area contributed by atoms with Gasteiger partial charge in [-0.3, -0.25) is 0 Å². The van der Waals surface area contributed by atoms with Crippen LogP contribution in [0.4, 0.5) is 0 Å². The van der Waals surface area contributed by atoms with Crippen molar-refractivity contribution in [1.29, 1.82) is 0 Å². The first-order valence-corrected chi connectivity index (χ1v) is 11.3. The lowest BCUT2D eigenvalue weighted by molar-refractivity contribution is 0.198. The van der Waals surface area contributed by atoms with Crippen LogP contribution in [0.1, 0.15) is 49.7 Å². The van der Waals surface area contributed by atoms with Crippen LogP contribution in [0, 0.1) is 0 Å². The number of aliphatic imine (C=N–C) groups is 1. The maximum atomic E-state index is 9.83. The Balaban J connectivity index is 0.00000363. The zero-order valence-electron chi connectivity index (χ0n) is 19.0. The summed E-state index contributed by atoms with van der Waals surface area (Å²) >= 11 is 0. The number of benzene rings is 2. The molecule has 0 spiro atoms. The van der Waals surface area contributed by atoms with E-state index in [9.17, 15) is 5.11 Å². The third kappa shape index (κ3) is 7.55. The van der Waals surface area contributed by atoms with Gasteiger partial charge in [0.2, 0.25) is 0 Å². The van der Waals surface area contributed by atoms with Gasteiger partial charge in [-0.2, -0.15) is 0 Å². The molecule has 2 aromatic rings. The Labute approximate surface area is 208 Å². The Morgan fingerprint density at radius 3 is 2.50 bits per heavy atom. The number of para-hydroxylation sites is 1. The third-order valence-corrected chi connectivity index (χ3v) is 5.63. The molecule has 0 heterocycles. The van der Waals surface area contributed by atoms with Crippen LogP contribution in [0.3, 0.4) is 0 Å². The molecule has 2 aromatic carbocycles. The molecule has 3 rings (SSSR count). The van der Waals surface area contributed by atoms with Gasteiger partial charge in [0.15, 0.2) is 17.5 Å². The van der Waals surface area contributed by atoms with Gasteiger partial charge in [0, 0.05) is 24.6 Å². The van der Waals surface area contributed by atoms with Crippen LogP contribution in [-0.2, 0) is 6.54 Å². The lowest BCUT2D eigenvalue weighted by Crippen LogP contribution is -2.40. The molecule has 1 saturated carbocycles. The second-order valence-corrected chi connectivity index (χ2v) is 7.84. The van der Waals surface area contributed by atoms with E-state index in [-0.39, 0.29) is 42.6 Å². The predicted octanol–water partition coefficient (Wildman–Crippen LogP) is 4.47. The molecule has 0 radical (unpaired) electrons. The molecule has 0 aromatic heterocycles. The molecule has 1 atom stereocenters. The van der Waals surface area contributed by atoms with Crippen molar-refractivity contribution in [1.82, 2.24) is 10.6 Å². The van der Waals surface area contributed by atoms with Gasteiger partial charge in [0.05, 0.1) is 26.4 Å². The molecule has 32 heavy (non-hydrogen) atoms. The van der Waals surface area contributed by atoms with E-state index < -0.39 is 0 Å². The highest BCUT2D eigenvalue weighted by molar-refractivity contribution is 14.0. The lowest BCUT2D eigenvalue weighted by atomic mass is 10.0. The quantitative estimate of drug-likeness (QED) is 0.230. The molecule has 1 aliphatic rings. The van der Waals surface area contributed by atoms with Gasteiger partial charge in [0.1, 0.15) is 0 Å². The minimum Gasteiger partial charge on any atom is -0.493 e. The number of rotatable bonds is 10. The highest BCUT2D eigenvalue weighted by atomic mass is 127. The van der Waals surface area contributed by atoms with E-state index >= 15 is 0 Å². The number of guanidine groups is 1. The number of nitrogens with zero attached hydrogens (tertiary/aromatic N) is 1. The first-order chi connectivity index (χ1) is 15.2. The number of halogens is 1. The zero-order valence-corrected chi connectivity index (χ0v) is 21.4. The molecule has 0 saturated heterocycles. The number of aliphatic hydroxyl groups excluding tert-OH is 1. The summed E-state index contributed by atoms with van der Waals surface area (Å²) in [7, 11) is 1.67. The number of hydrogen-bond donors (Lipinski definition) is 3. The average molecular weight is 553 g/mol. The largest absolute Gasteiger partial charge is 0.493 e. The molecule has 0 bridgehead atoms. The Kier molecular flexibility index (Phi) is 11.7. The highest BCUT2D eigenvalue weighted by Gasteiger charge is 2.20. The minimum atomic E-state index is 0. The van der Waals surface area contributed by atoms with Crippen LogP contribution < -0.4 is 20.1 Å². The van der Waals surface area contributed by atoms with E-state index in [4.69, 9.17) is 14.5 Å². The Hall–Kier alpha value is -2.00. The fourth-order valence-electron chi connectivity index (χ4n) is 3.89. The van der Waals surface area contributed by atoms with Crippen molar-refractivity contribution >= 4 is 29.9 Å². The second kappa shape index (κ2) is 14.2. The van der Waals surface area contributed by atoms with E-state index in [1.54, 1.807) is 7.11 Å². The third-order valence-electron chi connectivity index (χ3n) is 5.63. The Morgan fingerprint density at radius 1 is 1.09 bits per heavy atom. The standard InChI is InChI=1S/C25H35N3O3.HI/c1-3-26-25(28-17-21(18-29)19-10-5-4-6-11-19)27-16-20-12-9-15-23(30-2)24(20)31-22-13-7-8-14-22;/h4-6,9-12,15,21-22,29H,3,7-8,13-14,16-18H2,1-2H3,(H2,26,27,28);1H. The predicted molar refractivity (Wildman–Crippen MR) is 140 cm³/mol. The SMILES string of the molecule is CCNC(=NCc1cccc(OC)c1OC1CCCC1)NCC(CO)c1ccccc1.I. The first-order valence-electron chi connectivity index (χ1n) is 11.3. The van der Waals surface area contributed by atoms with Crippen LogP contribution >= 0.6 is 24.0 Å². The van der Waals surface area contributed by atoms with Crippen LogP contribution in [-0.4, -0.2) is 44.0 Å². The van der Waals surface area contributed by atoms with Crippen LogP contribution in [0.2, 0.25) is 0 Å². The smallest absolute Gasteiger partial charge is 0.191 e. The summed E-state index contributed by atoms with van der Waals surface area (Å²) in [4.78, 5) is 4.77. The van der Waals surface area contributed by atoms with Crippen LogP contribution in [0.5, 0.6) is 11.5 Å². The van der Waals surface area contributed by atoms with Gasteiger partial charge in [0.25, 0.3) is 0 Å². The molecule has 1 unspecified atom stereocenters. The Bertz CT molecular complexity index is 826. The average Bonchev–Trinajstić information content (AvgIpc) is 3.32. The second-order valence-electron chi connectivity index (χ2n) is 7.84. The van der Waals surface area contributed by atoms with Gasteiger partial charge in [-0.25, -0.2) is 4.99 Å². The molecule has 0 amide bonds. The first kappa shape index (κ1) is 26.3. The van der Waals surface area contributed by atoms with Gasteiger partial charge >= 0.3 is 0 Å². The molecule has 7 heteroatoms. The fourth-order valence-corrected chi connectivity index (χ4v) is 3.89. The van der Waals surface area contributed by atoms with E-state index in [0.717, 1.165) is 42.0 Å².